The first kappa shape index (κ1) is 22.3. The van der Waals surface area contributed by atoms with Gasteiger partial charge in [-0.05, 0) is 74.4 Å². The lowest BCUT2D eigenvalue weighted by atomic mass is 9.82. The molecule has 0 amide bonds. The van der Waals surface area contributed by atoms with Gasteiger partial charge >= 0.3 is 11.9 Å². The smallest absolute Gasteiger partial charge is 0.414 e. The summed E-state index contributed by atoms with van der Waals surface area (Å²) < 4.78 is 19.5. The molecule has 1 heterocycles. The number of fused-ring (bicyclic) bond motifs is 1. The second-order valence-electron chi connectivity index (χ2n) is 6.98. The second kappa shape index (κ2) is 9.49. The minimum atomic E-state index is -1.82. The highest BCUT2D eigenvalue weighted by Gasteiger charge is 2.41. The Morgan fingerprint density at radius 3 is 2.28 bits per heavy atom. The van der Waals surface area contributed by atoms with Gasteiger partial charge in [-0.25, -0.2) is 14.0 Å². The molecule has 3 N–H and O–H groups in total. The Bertz CT molecular complexity index is 856. The van der Waals surface area contributed by atoms with E-state index in [4.69, 9.17) is 24.5 Å². The predicted octanol–water partition coefficient (Wildman–Crippen LogP) is 2.80. The van der Waals surface area contributed by atoms with Crippen LogP contribution < -0.4 is 0 Å². The molecule has 0 radical (unpaired) electrons. The van der Waals surface area contributed by atoms with Crippen LogP contribution in [-0.4, -0.2) is 52.8 Å². The summed E-state index contributed by atoms with van der Waals surface area (Å²) in [4.78, 5) is 20.3. The minimum Gasteiger partial charge on any atom is -0.508 e. The van der Waals surface area contributed by atoms with E-state index in [0.29, 0.717) is 6.61 Å². The Morgan fingerprint density at radius 2 is 1.72 bits per heavy atom. The Balaban J connectivity index is 0.000000438. The number of nitrogens with zero attached hydrogens (tertiary/aromatic N) is 1. The maximum atomic E-state index is 13.3. The molecule has 1 unspecified atom stereocenters. The number of phenolic OH excluding ortho intramolecular Hbond substituents is 1. The first-order valence-corrected chi connectivity index (χ1v) is 8.99. The zero-order valence-corrected chi connectivity index (χ0v) is 16.3. The summed E-state index contributed by atoms with van der Waals surface area (Å²) in [6.45, 7) is 1.42. The molecular formula is C21H24FNO6. The van der Waals surface area contributed by atoms with Gasteiger partial charge in [0.15, 0.2) is 0 Å². The number of carboxylic acid groups (broad SMARTS) is 2. The monoisotopic (exact) mass is 405 g/mol. The number of aromatic hydroxyl groups is 1. The summed E-state index contributed by atoms with van der Waals surface area (Å²) in [7, 11) is 4.10. The molecule has 156 valence electrons. The van der Waals surface area contributed by atoms with E-state index < -0.39 is 17.5 Å². The fourth-order valence-electron chi connectivity index (χ4n) is 3.33. The number of ether oxygens (including phenoxy) is 1. The van der Waals surface area contributed by atoms with Crippen LogP contribution in [-0.2, 0) is 26.5 Å². The standard InChI is InChI=1S/C19H22FNO2.C2H2O4/c1-21(2)11-3-10-19(15-4-6-16(20)7-5-15)18-9-8-17(22)12-14(18)13-23-19;3-1(4)2(5)6/h4-9,12,22H,3,10-11,13H2,1-2H3;(H,3,4)(H,5,6). The number of phenols is 1. The third kappa shape index (κ3) is 5.52. The van der Waals surface area contributed by atoms with Crippen LogP contribution >= 0.6 is 0 Å². The highest BCUT2D eigenvalue weighted by atomic mass is 19.1. The molecule has 0 bridgehead atoms. The first-order valence-electron chi connectivity index (χ1n) is 8.99. The van der Waals surface area contributed by atoms with E-state index in [9.17, 15) is 9.50 Å². The van der Waals surface area contributed by atoms with Gasteiger partial charge in [-0.15, -0.1) is 0 Å². The molecule has 0 spiro atoms. The molecule has 2 aromatic rings. The van der Waals surface area contributed by atoms with E-state index in [1.165, 1.54) is 12.1 Å². The first-order chi connectivity index (χ1) is 13.7. The molecule has 1 atom stereocenters. The van der Waals surface area contributed by atoms with Gasteiger partial charge in [-0.3, -0.25) is 0 Å². The van der Waals surface area contributed by atoms with Crippen LogP contribution in [0.3, 0.4) is 0 Å². The summed E-state index contributed by atoms with van der Waals surface area (Å²) in [5.41, 5.74) is 2.47. The molecule has 3 rings (SSSR count). The fourth-order valence-corrected chi connectivity index (χ4v) is 3.33. The van der Waals surface area contributed by atoms with Crippen LogP contribution in [0.1, 0.15) is 29.5 Å². The van der Waals surface area contributed by atoms with Gasteiger partial charge < -0.3 is 25.0 Å². The maximum absolute atomic E-state index is 13.3. The number of halogens is 1. The van der Waals surface area contributed by atoms with Crippen LogP contribution in [0.2, 0.25) is 0 Å². The van der Waals surface area contributed by atoms with Crippen LogP contribution in [0.4, 0.5) is 4.39 Å². The molecule has 0 aromatic heterocycles. The van der Waals surface area contributed by atoms with Gasteiger partial charge in [0.05, 0.1) is 6.61 Å². The Kier molecular flexibility index (Phi) is 7.30. The van der Waals surface area contributed by atoms with E-state index in [1.54, 1.807) is 24.3 Å². The molecule has 2 aromatic carbocycles. The van der Waals surface area contributed by atoms with Gasteiger partial charge in [0.2, 0.25) is 0 Å². The van der Waals surface area contributed by atoms with Crippen molar-refractivity contribution in [3.8, 4) is 5.75 Å². The lowest BCUT2D eigenvalue weighted by Gasteiger charge is -2.31. The molecule has 29 heavy (non-hydrogen) atoms. The Labute approximate surface area is 168 Å². The maximum Gasteiger partial charge on any atom is 0.414 e. The van der Waals surface area contributed by atoms with E-state index in [-0.39, 0.29) is 11.6 Å². The van der Waals surface area contributed by atoms with Crippen molar-refractivity contribution in [3.05, 3.63) is 65.0 Å². The Hall–Kier alpha value is -2.97. The van der Waals surface area contributed by atoms with Gasteiger partial charge in [0.1, 0.15) is 17.2 Å². The van der Waals surface area contributed by atoms with Gasteiger partial charge in [-0.1, -0.05) is 18.2 Å². The number of aliphatic carboxylic acids is 2. The van der Waals surface area contributed by atoms with Crippen molar-refractivity contribution in [1.29, 1.82) is 0 Å². The molecule has 7 nitrogen and oxygen atoms in total. The van der Waals surface area contributed by atoms with Crippen molar-refractivity contribution in [2.45, 2.75) is 25.0 Å². The van der Waals surface area contributed by atoms with E-state index >= 15 is 0 Å². The zero-order chi connectivity index (χ0) is 21.6. The minimum absolute atomic E-state index is 0.246. The summed E-state index contributed by atoms with van der Waals surface area (Å²) in [6, 6.07) is 11.9. The summed E-state index contributed by atoms with van der Waals surface area (Å²) >= 11 is 0. The van der Waals surface area contributed by atoms with Crippen molar-refractivity contribution in [1.82, 2.24) is 4.90 Å². The number of rotatable bonds is 5. The summed E-state index contributed by atoms with van der Waals surface area (Å²) in [6.07, 6.45) is 1.78. The van der Waals surface area contributed by atoms with Gasteiger partial charge in [0.25, 0.3) is 0 Å². The number of benzene rings is 2. The predicted molar refractivity (Wildman–Crippen MR) is 103 cm³/mol. The summed E-state index contributed by atoms with van der Waals surface area (Å²) in [5.74, 6) is -3.65. The normalized spacial score (nSPS) is 17.4. The largest absolute Gasteiger partial charge is 0.508 e. The summed E-state index contributed by atoms with van der Waals surface area (Å²) in [5, 5.41) is 24.5. The topological polar surface area (TPSA) is 107 Å². The number of hydrogen-bond donors (Lipinski definition) is 3. The lowest BCUT2D eigenvalue weighted by molar-refractivity contribution is -0.159. The van der Waals surface area contributed by atoms with Crippen molar-refractivity contribution >= 4 is 11.9 Å². The average Bonchev–Trinajstić information content (AvgIpc) is 3.01. The van der Waals surface area contributed by atoms with Crippen molar-refractivity contribution in [3.63, 3.8) is 0 Å². The molecule has 0 fully saturated rings. The van der Waals surface area contributed by atoms with Gasteiger partial charge in [0, 0.05) is 0 Å². The van der Waals surface area contributed by atoms with Crippen LogP contribution in [0.5, 0.6) is 5.75 Å². The molecule has 0 saturated heterocycles. The highest BCUT2D eigenvalue weighted by Crippen LogP contribution is 2.46. The third-order valence-electron chi connectivity index (χ3n) is 4.63. The lowest BCUT2D eigenvalue weighted by Crippen LogP contribution is -2.28. The number of carboxylic acids is 2. The highest BCUT2D eigenvalue weighted by molar-refractivity contribution is 6.27. The van der Waals surface area contributed by atoms with Crippen molar-refractivity contribution in [2.75, 3.05) is 20.6 Å². The second-order valence-corrected chi connectivity index (χ2v) is 6.98. The number of hydrogen-bond acceptors (Lipinski definition) is 5. The molecular weight excluding hydrogens is 381 g/mol. The molecule has 0 aliphatic carbocycles. The molecule has 1 aliphatic heterocycles. The average molecular weight is 405 g/mol. The van der Waals surface area contributed by atoms with Crippen LogP contribution in [0.25, 0.3) is 0 Å². The SMILES string of the molecule is CN(C)CCCC1(c2ccc(F)cc2)OCc2cc(O)ccc21.O=C(O)C(=O)O. The quantitative estimate of drug-likeness (QED) is 0.657. The zero-order valence-electron chi connectivity index (χ0n) is 16.3. The van der Waals surface area contributed by atoms with Crippen LogP contribution in [0.15, 0.2) is 42.5 Å². The number of carbonyl (C=O) groups is 2. The van der Waals surface area contributed by atoms with Crippen LogP contribution in [0, 0.1) is 5.82 Å². The van der Waals surface area contributed by atoms with Crippen molar-refractivity contribution in [2.24, 2.45) is 0 Å². The van der Waals surface area contributed by atoms with Gasteiger partial charge in [-0.2, -0.15) is 0 Å². The van der Waals surface area contributed by atoms with E-state index in [0.717, 1.165) is 36.1 Å². The molecule has 1 aliphatic rings. The van der Waals surface area contributed by atoms with E-state index in [1.807, 2.05) is 20.2 Å². The van der Waals surface area contributed by atoms with E-state index in [2.05, 4.69) is 4.90 Å². The molecule has 0 saturated carbocycles. The third-order valence-corrected chi connectivity index (χ3v) is 4.63. The fraction of sp³-hybridized carbons (Fsp3) is 0.333. The van der Waals surface area contributed by atoms with Crippen molar-refractivity contribution < 1.29 is 34.0 Å². The Morgan fingerprint density at radius 1 is 1.10 bits per heavy atom. The molecule has 8 heteroatoms.